The predicted octanol–water partition coefficient (Wildman–Crippen LogP) is 0.876. The monoisotopic (exact) mass is 294 g/mol. The number of nitrogens with zero attached hydrogens (tertiary/aromatic N) is 3. The Morgan fingerprint density at radius 3 is 3.00 bits per heavy atom. The molecule has 114 valence electrons. The molecule has 8 nitrogen and oxygen atoms in total. The molecule has 8 heteroatoms. The summed E-state index contributed by atoms with van der Waals surface area (Å²) in [6.07, 6.45) is 1.81. The van der Waals surface area contributed by atoms with Crippen LogP contribution < -0.4 is 5.32 Å². The quantitative estimate of drug-likeness (QED) is 0.616. The molecule has 0 bridgehead atoms. The van der Waals surface area contributed by atoms with Gasteiger partial charge in [-0.15, -0.1) is 0 Å². The van der Waals surface area contributed by atoms with E-state index in [1.54, 1.807) is 4.90 Å². The van der Waals surface area contributed by atoms with Crippen molar-refractivity contribution >= 4 is 17.4 Å². The van der Waals surface area contributed by atoms with Gasteiger partial charge in [-0.3, -0.25) is 14.9 Å². The summed E-state index contributed by atoms with van der Waals surface area (Å²) in [6.45, 7) is 3.42. The molecule has 1 fully saturated rings. The van der Waals surface area contributed by atoms with E-state index < -0.39 is 4.92 Å². The highest BCUT2D eigenvalue weighted by molar-refractivity contribution is 5.98. The van der Waals surface area contributed by atoms with Crippen LogP contribution in [0.3, 0.4) is 0 Å². The van der Waals surface area contributed by atoms with Gasteiger partial charge in [-0.1, -0.05) is 0 Å². The zero-order valence-corrected chi connectivity index (χ0v) is 11.8. The summed E-state index contributed by atoms with van der Waals surface area (Å²) < 4.78 is 0. The van der Waals surface area contributed by atoms with Gasteiger partial charge in [0.1, 0.15) is 17.6 Å². The molecule has 1 aliphatic heterocycles. The van der Waals surface area contributed by atoms with Crippen LogP contribution in [0.4, 0.5) is 11.5 Å². The Kier molecular flexibility index (Phi) is 4.69. The summed E-state index contributed by atoms with van der Waals surface area (Å²) in [5.41, 5.74) is -0.265. The Balaban J connectivity index is 2.29. The lowest BCUT2D eigenvalue weighted by molar-refractivity contribution is -0.385. The number of carbonyl (C=O) groups is 1. The Morgan fingerprint density at radius 1 is 1.67 bits per heavy atom. The Bertz CT molecular complexity index is 549. The van der Waals surface area contributed by atoms with Crippen LogP contribution >= 0.6 is 0 Å². The molecule has 1 unspecified atom stereocenters. The zero-order valence-electron chi connectivity index (χ0n) is 11.8. The highest BCUT2D eigenvalue weighted by Crippen LogP contribution is 2.25. The molecule has 1 atom stereocenters. The number of aliphatic hydroxyl groups excluding tert-OH is 1. The number of pyridine rings is 1. The largest absolute Gasteiger partial charge is 0.396 e. The van der Waals surface area contributed by atoms with E-state index in [-0.39, 0.29) is 29.7 Å². The van der Waals surface area contributed by atoms with Gasteiger partial charge in [0, 0.05) is 38.2 Å². The molecule has 1 aromatic heterocycles. The minimum absolute atomic E-state index is 0.0187. The minimum atomic E-state index is -0.602. The van der Waals surface area contributed by atoms with Crippen LogP contribution in [0.2, 0.25) is 0 Å². The number of hydrogen-bond donors (Lipinski definition) is 2. The first-order chi connectivity index (χ1) is 10.1. The van der Waals surface area contributed by atoms with E-state index in [0.717, 1.165) is 6.20 Å². The van der Waals surface area contributed by atoms with Crippen molar-refractivity contribution in [2.75, 3.05) is 31.6 Å². The molecule has 0 saturated carbocycles. The first-order valence-corrected chi connectivity index (χ1v) is 6.85. The molecule has 0 aliphatic carbocycles. The third-order valence-electron chi connectivity index (χ3n) is 3.50. The summed E-state index contributed by atoms with van der Waals surface area (Å²) in [4.78, 5) is 28.4. The maximum absolute atomic E-state index is 12.5. The lowest BCUT2D eigenvalue weighted by Gasteiger charge is -2.16. The second-order valence-electron chi connectivity index (χ2n) is 4.96. The summed E-state index contributed by atoms with van der Waals surface area (Å²) in [6, 6.07) is 1.41. The fraction of sp³-hybridized carbons (Fsp3) is 0.538. The molecular weight excluding hydrogens is 276 g/mol. The van der Waals surface area contributed by atoms with Crippen LogP contribution in [0.15, 0.2) is 12.3 Å². The van der Waals surface area contributed by atoms with E-state index in [2.05, 4.69) is 10.3 Å². The number of carbonyl (C=O) groups excluding carboxylic acids is 1. The molecule has 0 spiro atoms. The van der Waals surface area contributed by atoms with Crippen LogP contribution in [0.25, 0.3) is 0 Å². The topological polar surface area (TPSA) is 109 Å². The van der Waals surface area contributed by atoms with Gasteiger partial charge < -0.3 is 15.3 Å². The van der Waals surface area contributed by atoms with Crippen LogP contribution in [0.5, 0.6) is 0 Å². The summed E-state index contributed by atoms with van der Waals surface area (Å²) in [5, 5.41) is 23.1. The molecule has 1 amide bonds. The third-order valence-corrected chi connectivity index (χ3v) is 3.50. The lowest BCUT2D eigenvalue weighted by atomic mass is 10.1. The van der Waals surface area contributed by atoms with Gasteiger partial charge in [-0.05, 0) is 13.3 Å². The lowest BCUT2D eigenvalue weighted by Crippen LogP contribution is -2.29. The second kappa shape index (κ2) is 6.49. The molecule has 1 aromatic rings. The standard InChI is InChI=1S/C13H18N4O4/c1-2-14-12-5-10(11(6-15-12)17(20)21)13(19)16-4-3-9(7-16)8-18/h5-6,9,18H,2-4,7-8H2,1H3,(H,14,15). The number of anilines is 1. The summed E-state index contributed by atoms with van der Waals surface area (Å²) in [7, 11) is 0. The van der Waals surface area contributed by atoms with Crippen molar-refractivity contribution in [3.8, 4) is 0 Å². The van der Waals surface area contributed by atoms with Gasteiger partial charge in [-0.2, -0.15) is 0 Å². The van der Waals surface area contributed by atoms with E-state index in [4.69, 9.17) is 5.11 Å². The van der Waals surface area contributed by atoms with Crippen molar-refractivity contribution in [3.63, 3.8) is 0 Å². The number of aliphatic hydroxyl groups is 1. The zero-order chi connectivity index (χ0) is 15.4. The van der Waals surface area contributed by atoms with Crippen molar-refractivity contribution in [2.24, 2.45) is 5.92 Å². The molecule has 1 saturated heterocycles. The van der Waals surface area contributed by atoms with Crippen LogP contribution in [0, 0.1) is 16.0 Å². The van der Waals surface area contributed by atoms with Crippen molar-refractivity contribution < 1.29 is 14.8 Å². The highest BCUT2D eigenvalue weighted by Gasteiger charge is 2.31. The van der Waals surface area contributed by atoms with Gasteiger partial charge in [0.15, 0.2) is 0 Å². The number of rotatable bonds is 5. The van der Waals surface area contributed by atoms with Gasteiger partial charge in [0.25, 0.3) is 11.6 Å². The summed E-state index contributed by atoms with van der Waals surface area (Å²) in [5.74, 6) is 0.0895. The Hall–Kier alpha value is -2.22. The van der Waals surface area contributed by atoms with E-state index in [1.165, 1.54) is 6.07 Å². The van der Waals surface area contributed by atoms with Crippen molar-refractivity contribution in [2.45, 2.75) is 13.3 Å². The van der Waals surface area contributed by atoms with Gasteiger partial charge in [-0.25, -0.2) is 4.98 Å². The molecule has 0 aromatic carbocycles. The van der Waals surface area contributed by atoms with E-state index in [9.17, 15) is 14.9 Å². The van der Waals surface area contributed by atoms with Crippen LogP contribution in [0.1, 0.15) is 23.7 Å². The maximum atomic E-state index is 12.5. The normalized spacial score (nSPS) is 17.8. The number of nitro groups is 1. The Labute approximate surface area is 121 Å². The van der Waals surface area contributed by atoms with E-state index in [1.807, 2.05) is 6.92 Å². The van der Waals surface area contributed by atoms with Gasteiger partial charge >= 0.3 is 0 Å². The fourth-order valence-corrected chi connectivity index (χ4v) is 2.38. The molecule has 2 rings (SSSR count). The number of amides is 1. The molecule has 0 radical (unpaired) electrons. The first kappa shape index (κ1) is 15.2. The first-order valence-electron chi connectivity index (χ1n) is 6.85. The average molecular weight is 294 g/mol. The number of aromatic nitrogens is 1. The van der Waals surface area contributed by atoms with E-state index >= 15 is 0 Å². The average Bonchev–Trinajstić information content (AvgIpc) is 2.95. The van der Waals surface area contributed by atoms with Crippen molar-refractivity contribution in [1.82, 2.24) is 9.88 Å². The molecule has 21 heavy (non-hydrogen) atoms. The van der Waals surface area contributed by atoms with E-state index in [0.29, 0.717) is 31.9 Å². The third kappa shape index (κ3) is 3.27. The fourth-order valence-electron chi connectivity index (χ4n) is 2.38. The Morgan fingerprint density at radius 2 is 2.43 bits per heavy atom. The predicted molar refractivity (Wildman–Crippen MR) is 76.2 cm³/mol. The van der Waals surface area contributed by atoms with Crippen molar-refractivity contribution in [1.29, 1.82) is 0 Å². The minimum Gasteiger partial charge on any atom is -0.396 e. The molecule has 2 heterocycles. The highest BCUT2D eigenvalue weighted by atomic mass is 16.6. The SMILES string of the molecule is CCNc1cc(C(=O)N2CCC(CO)C2)c([N+](=O)[O-])cn1. The second-order valence-corrected chi connectivity index (χ2v) is 4.96. The molecule has 2 N–H and O–H groups in total. The van der Waals surface area contributed by atoms with Crippen LogP contribution in [-0.4, -0.2) is 52.1 Å². The molecule has 1 aliphatic rings. The maximum Gasteiger partial charge on any atom is 0.300 e. The molecular formula is C13H18N4O4. The summed E-state index contributed by atoms with van der Waals surface area (Å²) >= 11 is 0. The number of hydrogen-bond acceptors (Lipinski definition) is 6. The number of nitrogens with one attached hydrogen (secondary N) is 1. The smallest absolute Gasteiger partial charge is 0.300 e. The van der Waals surface area contributed by atoms with Crippen molar-refractivity contribution in [3.05, 3.63) is 27.9 Å². The van der Waals surface area contributed by atoms with Crippen LogP contribution in [-0.2, 0) is 0 Å². The van der Waals surface area contributed by atoms with Gasteiger partial charge in [0.05, 0.1) is 4.92 Å². The van der Waals surface area contributed by atoms with Gasteiger partial charge in [0.2, 0.25) is 0 Å². The number of likely N-dealkylation sites (tertiary alicyclic amines) is 1.